The Bertz CT molecular complexity index is 562. The van der Waals surface area contributed by atoms with Crippen LogP contribution >= 0.6 is 22.7 Å². The van der Waals surface area contributed by atoms with Crippen LogP contribution in [0.4, 0.5) is 0 Å². The van der Waals surface area contributed by atoms with Crippen LogP contribution in [0.5, 0.6) is 0 Å². The van der Waals surface area contributed by atoms with E-state index in [-0.39, 0.29) is 0 Å². The lowest BCUT2D eigenvalue weighted by molar-refractivity contribution is -0.147. The van der Waals surface area contributed by atoms with Crippen LogP contribution in [0.1, 0.15) is 26.0 Å². The Morgan fingerprint density at radius 2 is 2.25 bits per heavy atom. The molecule has 0 unspecified atom stereocenters. The topological polar surface area (TPSA) is 62.2 Å². The van der Waals surface area contributed by atoms with E-state index in [4.69, 9.17) is 5.11 Å². The zero-order chi connectivity index (χ0) is 14.6. The van der Waals surface area contributed by atoms with Gasteiger partial charge in [-0.25, -0.2) is 4.98 Å². The number of carbonyl (C=O) groups is 1. The Morgan fingerprint density at radius 3 is 2.90 bits per heavy atom. The Balaban J connectivity index is 1.79. The van der Waals surface area contributed by atoms with Crippen molar-refractivity contribution in [1.29, 1.82) is 0 Å². The Morgan fingerprint density at radius 1 is 1.45 bits per heavy atom. The smallest absolute Gasteiger partial charge is 0.309 e. The van der Waals surface area contributed by atoms with Crippen molar-refractivity contribution in [2.45, 2.75) is 26.8 Å². The van der Waals surface area contributed by atoms with Crippen LogP contribution in [0, 0.1) is 5.41 Å². The highest BCUT2D eigenvalue weighted by Crippen LogP contribution is 2.27. The summed E-state index contributed by atoms with van der Waals surface area (Å²) in [6.07, 6.45) is 0.601. The average Bonchev–Trinajstić information content (AvgIpc) is 3.05. The van der Waals surface area contributed by atoms with Crippen LogP contribution in [0.25, 0.3) is 9.88 Å². The third-order valence-electron chi connectivity index (χ3n) is 3.10. The predicted molar refractivity (Wildman–Crippen MR) is 83.2 cm³/mol. The number of hydrogen-bond donors (Lipinski definition) is 2. The van der Waals surface area contributed by atoms with E-state index in [1.807, 2.05) is 16.8 Å². The first-order valence-electron chi connectivity index (χ1n) is 6.41. The zero-order valence-electron chi connectivity index (χ0n) is 11.5. The molecule has 0 saturated carbocycles. The van der Waals surface area contributed by atoms with E-state index in [9.17, 15) is 4.79 Å². The van der Waals surface area contributed by atoms with Gasteiger partial charge >= 0.3 is 5.97 Å². The van der Waals surface area contributed by atoms with Crippen LogP contribution in [-0.2, 0) is 11.3 Å². The zero-order valence-corrected chi connectivity index (χ0v) is 13.2. The van der Waals surface area contributed by atoms with Crippen molar-refractivity contribution < 1.29 is 9.90 Å². The maximum atomic E-state index is 11.0. The number of aliphatic carboxylic acids is 1. The van der Waals surface area contributed by atoms with Gasteiger partial charge in [0.1, 0.15) is 5.01 Å². The van der Waals surface area contributed by atoms with Gasteiger partial charge in [-0.3, -0.25) is 4.79 Å². The largest absolute Gasteiger partial charge is 0.481 e. The second-order valence-corrected chi connectivity index (χ2v) is 7.04. The highest BCUT2D eigenvalue weighted by Gasteiger charge is 2.26. The van der Waals surface area contributed by atoms with Gasteiger partial charge < -0.3 is 10.4 Å². The molecule has 4 nitrogen and oxygen atoms in total. The van der Waals surface area contributed by atoms with Crippen LogP contribution in [0.3, 0.4) is 0 Å². The number of nitrogens with one attached hydrogen (secondary N) is 1. The summed E-state index contributed by atoms with van der Waals surface area (Å²) in [5.74, 6) is -0.757. The van der Waals surface area contributed by atoms with Gasteiger partial charge in [0, 0.05) is 11.9 Å². The molecule has 2 heterocycles. The minimum absolute atomic E-state index is 0.601. The van der Waals surface area contributed by atoms with Crippen LogP contribution in [0.2, 0.25) is 0 Å². The summed E-state index contributed by atoms with van der Waals surface area (Å²) in [4.78, 5) is 16.7. The van der Waals surface area contributed by atoms with Crippen molar-refractivity contribution in [3.05, 3.63) is 28.6 Å². The summed E-state index contributed by atoms with van der Waals surface area (Å²) in [5.41, 5.74) is 0.323. The standard InChI is InChI=1S/C14H18N2O2S2/c1-14(2,13(17)18)5-6-15-8-10-9-20-12(16-10)11-4-3-7-19-11/h3-4,7,9,15H,5-6,8H2,1-2H3,(H,17,18). The number of hydrogen-bond acceptors (Lipinski definition) is 5. The van der Waals surface area contributed by atoms with Crippen molar-refractivity contribution in [2.75, 3.05) is 6.54 Å². The lowest BCUT2D eigenvalue weighted by atomic mass is 9.90. The molecule has 20 heavy (non-hydrogen) atoms. The minimum Gasteiger partial charge on any atom is -0.481 e. The molecule has 0 amide bonds. The summed E-state index contributed by atoms with van der Waals surface area (Å²) in [7, 11) is 0. The number of thiazole rings is 1. The molecule has 0 aliphatic rings. The fourth-order valence-corrected chi connectivity index (χ4v) is 3.26. The van der Waals surface area contributed by atoms with Crippen molar-refractivity contribution in [3.63, 3.8) is 0 Å². The van der Waals surface area contributed by atoms with Gasteiger partial charge in [0.05, 0.1) is 16.0 Å². The van der Waals surface area contributed by atoms with Crippen molar-refractivity contribution in [1.82, 2.24) is 10.3 Å². The Hall–Kier alpha value is -1.24. The number of thiophene rings is 1. The number of aromatic nitrogens is 1. The van der Waals surface area contributed by atoms with Crippen LogP contribution < -0.4 is 5.32 Å². The molecule has 2 aromatic heterocycles. The molecular formula is C14H18N2O2S2. The highest BCUT2D eigenvalue weighted by molar-refractivity contribution is 7.20. The summed E-state index contributed by atoms with van der Waals surface area (Å²) in [6.45, 7) is 4.84. The molecule has 0 fully saturated rings. The van der Waals surface area contributed by atoms with E-state index in [2.05, 4.69) is 16.4 Å². The second kappa shape index (κ2) is 6.47. The summed E-state index contributed by atoms with van der Waals surface area (Å²) in [6, 6.07) is 4.09. The lowest BCUT2D eigenvalue weighted by Crippen LogP contribution is -2.28. The normalized spacial score (nSPS) is 11.7. The molecule has 0 radical (unpaired) electrons. The monoisotopic (exact) mass is 310 g/mol. The van der Waals surface area contributed by atoms with E-state index in [1.54, 1.807) is 36.5 Å². The van der Waals surface area contributed by atoms with E-state index >= 15 is 0 Å². The van der Waals surface area contributed by atoms with Crippen molar-refractivity contribution in [2.24, 2.45) is 5.41 Å². The number of rotatable bonds is 7. The number of nitrogens with zero attached hydrogens (tertiary/aromatic N) is 1. The predicted octanol–water partition coefficient (Wildman–Crippen LogP) is 3.46. The molecule has 0 saturated heterocycles. The number of carboxylic acid groups (broad SMARTS) is 1. The van der Waals surface area contributed by atoms with Gasteiger partial charge in [-0.2, -0.15) is 0 Å². The Labute approximate surface area is 126 Å². The van der Waals surface area contributed by atoms with E-state index < -0.39 is 11.4 Å². The molecule has 2 N–H and O–H groups in total. The maximum absolute atomic E-state index is 11.0. The van der Waals surface area contributed by atoms with Gasteiger partial charge in [-0.05, 0) is 38.3 Å². The quantitative estimate of drug-likeness (QED) is 0.769. The van der Waals surface area contributed by atoms with Gasteiger partial charge in [0.15, 0.2) is 0 Å². The summed E-state index contributed by atoms with van der Waals surface area (Å²) in [5, 5.41) is 17.4. The fraction of sp³-hybridized carbons (Fsp3) is 0.429. The highest BCUT2D eigenvalue weighted by atomic mass is 32.1. The molecule has 0 bridgehead atoms. The first-order chi connectivity index (χ1) is 9.49. The summed E-state index contributed by atoms with van der Waals surface area (Å²) >= 11 is 3.33. The fourth-order valence-electron chi connectivity index (χ4n) is 1.63. The van der Waals surface area contributed by atoms with Gasteiger partial charge in [0.2, 0.25) is 0 Å². The molecule has 0 aromatic carbocycles. The summed E-state index contributed by atoms with van der Waals surface area (Å²) < 4.78 is 0. The van der Waals surface area contributed by atoms with Crippen molar-refractivity contribution >= 4 is 28.6 Å². The number of carboxylic acids is 1. The van der Waals surface area contributed by atoms with E-state index in [0.29, 0.717) is 19.5 Å². The second-order valence-electron chi connectivity index (χ2n) is 5.24. The molecule has 2 rings (SSSR count). The molecule has 0 spiro atoms. The van der Waals surface area contributed by atoms with Crippen molar-refractivity contribution in [3.8, 4) is 9.88 Å². The maximum Gasteiger partial charge on any atom is 0.309 e. The molecule has 0 aliphatic carbocycles. The molecular weight excluding hydrogens is 292 g/mol. The molecule has 2 aromatic rings. The first-order valence-corrected chi connectivity index (χ1v) is 8.17. The average molecular weight is 310 g/mol. The minimum atomic E-state index is -0.757. The van der Waals surface area contributed by atoms with Gasteiger partial charge in [-0.15, -0.1) is 22.7 Å². The molecule has 6 heteroatoms. The Kier molecular flexibility index (Phi) is 4.91. The van der Waals surface area contributed by atoms with E-state index in [0.717, 1.165) is 10.7 Å². The van der Waals surface area contributed by atoms with Gasteiger partial charge in [-0.1, -0.05) is 6.07 Å². The molecule has 0 atom stereocenters. The third kappa shape index (κ3) is 3.88. The SMILES string of the molecule is CC(C)(CCNCc1csc(-c2cccs2)n1)C(=O)O. The lowest BCUT2D eigenvalue weighted by Gasteiger charge is -2.18. The third-order valence-corrected chi connectivity index (χ3v) is 5.03. The first kappa shape index (κ1) is 15.2. The molecule has 0 aliphatic heterocycles. The van der Waals surface area contributed by atoms with Crippen LogP contribution in [-0.4, -0.2) is 22.6 Å². The van der Waals surface area contributed by atoms with E-state index in [1.165, 1.54) is 4.88 Å². The van der Waals surface area contributed by atoms with Crippen LogP contribution in [0.15, 0.2) is 22.9 Å². The molecule has 108 valence electrons. The van der Waals surface area contributed by atoms with Gasteiger partial charge in [0.25, 0.3) is 0 Å².